The Hall–Kier alpha value is -1.18. The molecule has 0 aliphatic heterocycles. The van der Waals surface area contributed by atoms with Crippen molar-refractivity contribution in [1.29, 1.82) is 0 Å². The van der Waals surface area contributed by atoms with Crippen molar-refractivity contribution >= 4 is 29.9 Å². The average Bonchev–Trinajstić information content (AvgIpc) is 2.30. The summed E-state index contributed by atoms with van der Waals surface area (Å²) in [5.74, 6) is 0. The van der Waals surface area contributed by atoms with Gasteiger partial charge in [-0.25, -0.2) is 0 Å². The first-order chi connectivity index (χ1) is 7.31. The maximum atomic E-state index is 5.55. The number of aryl methyl sites for hydroxylation is 1. The standard InChI is InChI=1S/C13H12ClN.ClH/c1-10-9-12(15-14)7-8-13(10)11-5-3-2-4-6-11;/h2-9,15H,1H3;1H. The zero-order valence-corrected chi connectivity index (χ0v) is 10.5. The number of nitrogens with one attached hydrogen (secondary N) is 1. The highest BCUT2D eigenvalue weighted by molar-refractivity contribution is 6.24. The van der Waals surface area contributed by atoms with Crippen LogP contribution in [0.1, 0.15) is 5.56 Å². The summed E-state index contributed by atoms with van der Waals surface area (Å²) in [4.78, 5) is 2.62. The van der Waals surface area contributed by atoms with E-state index in [0.29, 0.717) is 0 Å². The van der Waals surface area contributed by atoms with Crippen LogP contribution in [-0.2, 0) is 0 Å². The number of benzene rings is 2. The molecule has 1 nitrogen and oxygen atoms in total. The normalized spacial score (nSPS) is 9.38. The summed E-state index contributed by atoms with van der Waals surface area (Å²) in [7, 11) is 0. The highest BCUT2D eigenvalue weighted by Crippen LogP contribution is 2.25. The molecule has 1 N–H and O–H groups in total. The minimum absolute atomic E-state index is 0. The first kappa shape index (κ1) is 12.9. The van der Waals surface area contributed by atoms with Gasteiger partial charge in [0.2, 0.25) is 0 Å². The van der Waals surface area contributed by atoms with E-state index in [0.717, 1.165) is 5.69 Å². The van der Waals surface area contributed by atoms with Gasteiger partial charge in [-0.2, -0.15) is 0 Å². The Morgan fingerprint density at radius 2 is 1.69 bits per heavy atom. The van der Waals surface area contributed by atoms with Crippen molar-refractivity contribution in [3.8, 4) is 11.1 Å². The highest BCUT2D eigenvalue weighted by atomic mass is 35.5. The van der Waals surface area contributed by atoms with Gasteiger partial charge in [-0.05, 0) is 35.7 Å². The van der Waals surface area contributed by atoms with Gasteiger partial charge in [0, 0.05) is 17.5 Å². The van der Waals surface area contributed by atoms with Crippen molar-refractivity contribution in [3.63, 3.8) is 0 Å². The Morgan fingerprint density at radius 1 is 1.00 bits per heavy atom. The Morgan fingerprint density at radius 3 is 2.25 bits per heavy atom. The molecule has 2 aromatic carbocycles. The summed E-state index contributed by atoms with van der Waals surface area (Å²) in [6.45, 7) is 2.08. The van der Waals surface area contributed by atoms with E-state index >= 15 is 0 Å². The van der Waals surface area contributed by atoms with Gasteiger partial charge in [0.1, 0.15) is 0 Å². The van der Waals surface area contributed by atoms with E-state index in [1.54, 1.807) is 0 Å². The van der Waals surface area contributed by atoms with Crippen molar-refractivity contribution in [2.24, 2.45) is 0 Å². The summed E-state index contributed by atoms with van der Waals surface area (Å²) < 4.78 is 0. The quantitative estimate of drug-likeness (QED) is 0.769. The van der Waals surface area contributed by atoms with Crippen LogP contribution in [0.15, 0.2) is 48.5 Å². The van der Waals surface area contributed by atoms with Crippen LogP contribution in [0.2, 0.25) is 0 Å². The highest BCUT2D eigenvalue weighted by Gasteiger charge is 2.01. The Bertz CT molecular complexity index is 455. The summed E-state index contributed by atoms with van der Waals surface area (Å²) >= 11 is 5.55. The molecule has 0 saturated carbocycles. The second-order valence-electron chi connectivity index (χ2n) is 3.49. The number of halogens is 2. The summed E-state index contributed by atoms with van der Waals surface area (Å²) in [6.07, 6.45) is 0. The van der Waals surface area contributed by atoms with Crippen LogP contribution in [0.3, 0.4) is 0 Å². The van der Waals surface area contributed by atoms with E-state index in [1.165, 1.54) is 16.7 Å². The van der Waals surface area contributed by atoms with E-state index < -0.39 is 0 Å². The van der Waals surface area contributed by atoms with Gasteiger partial charge in [-0.1, -0.05) is 36.4 Å². The lowest BCUT2D eigenvalue weighted by atomic mass is 10.0. The van der Waals surface area contributed by atoms with Gasteiger partial charge in [0.15, 0.2) is 0 Å². The van der Waals surface area contributed by atoms with Gasteiger partial charge < -0.3 is 0 Å². The molecular weight excluding hydrogens is 241 g/mol. The van der Waals surface area contributed by atoms with E-state index in [2.05, 4.69) is 30.0 Å². The molecule has 0 aromatic heterocycles. The molecule has 0 amide bonds. The first-order valence-electron chi connectivity index (χ1n) is 4.84. The predicted molar refractivity (Wildman–Crippen MR) is 73.3 cm³/mol. The number of hydrogen-bond donors (Lipinski definition) is 1. The summed E-state index contributed by atoms with van der Waals surface area (Å²) in [6, 6.07) is 16.4. The second-order valence-corrected chi connectivity index (χ2v) is 3.68. The van der Waals surface area contributed by atoms with Crippen molar-refractivity contribution in [3.05, 3.63) is 54.1 Å². The lowest BCUT2D eigenvalue weighted by molar-refractivity contribution is 1.46. The molecule has 0 atom stereocenters. The first-order valence-corrected chi connectivity index (χ1v) is 5.22. The zero-order valence-electron chi connectivity index (χ0n) is 8.91. The maximum Gasteiger partial charge on any atom is 0.0494 e. The topological polar surface area (TPSA) is 12.0 Å². The molecule has 0 radical (unpaired) electrons. The third kappa shape index (κ3) is 2.69. The largest absolute Gasteiger partial charge is 0.299 e. The molecule has 0 heterocycles. The molecule has 2 rings (SSSR count). The fourth-order valence-corrected chi connectivity index (χ4v) is 1.78. The SMILES string of the molecule is Cc1cc(NCl)ccc1-c1ccccc1.Cl. The van der Waals surface area contributed by atoms with E-state index in [-0.39, 0.29) is 12.4 Å². The van der Waals surface area contributed by atoms with Gasteiger partial charge >= 0.3 is 0 Å². The van der Waals surface area contributed by atoms with E-state index in [9.17, 15) is 0 Å². The molecule has 0 aliphatic rings. The van der Waals surface area contributed by atoms with Crippen molar-refractivity contribution < 1.29 is 0 Å². The van der Waals surface area contributed by atoms with Crippen molar-refractivity contribution in [2.75, 3.05) is 4.84 Å². The zero-order chi connectivity index (χ0) is 10.7. The second kappa shape index (κ2) is 5.78. The lowest BCUT2D eigenvalue weighted by Gasteiger charge is -2.07. The maximum absolute atomic E-state index is 5.55. The number of hydrogen-bond acceptors (Lipinski definition) is 1. The molecule has 84 valence electrons. The average molecular weight is 254 g/mol. The fraction of sp³-hybridized carbons (Fsp3) is 0.0769. The molecule has 0 saturated heterocycles. The Kier molecular flexibility index (Phi) is 4.66. The lowest BCUT2D eigenvalue weighted by Crippen LogP contribution is -1.86. The minimum atomic E-state index is 0. The van der Waals surface area contributed by atoms with Crippen LogP contribution in [0.4, 0.5) is 5.69 Å². The van der Waals surface area contributed by atoms with Gasteiger partial charge in [-0.15, -0.1) is 12.4 Å². The van der Waals surface area contributed by atoms with Crippen LogP contribution in [0, 0.1) is 6.92 Å². The van der Waals surface area contributed by atoms with Crippen LogP contribution in [0.25, 0.3) is 11.1 Å². The van der Waals surface area contributed by atoms with Gasteiger partial charge in [0.05, 0.1) is 0 Å². The molecule has 0 bridgehead atoms. The fourth-order valence-electron chi connectivity index (χ4n) is 1.66. The van der Waals surface area contributed by atoms with Crippen LogP contribution in [-0.4, -0.2) is 0 Å². The van der Waals surface area contributed by atoms with Crippen molar-refractivity contribution in [1.82, 2.24) is 0 Å². The summed E-state index contributed by atoms with van der Waals surface area (Å²) in [5, 5.41) is 0. The third-order valence-corrected chi connectivity index (χ3v) is 2.64. The monoisotopic (exact) mass is 253 g/mol. The number of rotatable bonds is 2. The molecule has 3 heteroatoms. The minimum Gasteiger partial charge on any atom is -0.299 e. The van der Waals surface area contributed by atoms with E-state index in [4.69, 9.17) is 11.8 Å². The molecular formula is C13H13Cl2N. The molecule has 0 spiro atoms. The Labute approximate surface area is 107 Å². The Balaban J connectivity index is 0.00000128. The molecule has 0 aliphatic carbocycles. The third-order valence-electron chi connectivity index (χ3n) is 2.42. The summed E-state index contributed by atoms with van der Waals surface area (Å²) in [5.41, 5.74) is 4.61. The molecule has 0 fully saturated rings. The van der Waals surface area contributed by atoms with Crippen LogP contribution < -0.4 is 4.84 Å². The number of anilines is 1. The van der Waals surface area contributed by atoms with Gasteiger partial charge in [-0.3, -0.25) is 4.84 Å². The smallest absolute Gasteiger partial charge is 0.0494 e. The van der Waals surface area contributed by atoms with Gasteiger partial charge in [0.25, 0.3) is 0 Å². The van der Waals surface area contributed by atoms with Crippen LogP contribution >= 0.6 is 24.2 Å². The predicted octanol–water partition coefficient (Wildman–Crippen LogP) is 4.65. The molecule has 2 aromatic rings. The molecule has 16 heavy (non-hydrogen) atoms. The molecule has 0 unspecified atom stereocenters. The van der Waals surface area contributed by atoms with Crippen molar-refractivity contribution in [2.45, 2.75) is 6.92 Å². The van der Waals surface area contributed by atoms with Crippen LogP contribution in [0.5, 0.6) is 0 Å². The van der Waals surface area contributed by atoms with E-state index in [1.807, 2.05) is 30.3 Å².